The van der Waals surface area contributed by atoms with E-state index in [1.807, 2.05) is 12.1 Å². The van der Waals surface area contributed by atoms with E-state index < -0.39 is 0 Å². The van der Waals surface area contributed by atoms with E-state index in [4.69, 9.17) is 9.47 Å². The average molecular weight is 518 g/mol. The first-order chi connectivity index (χ1) is 15.8. The molecule has 4 rings (SSSR count). The van der Waals surface area contributed by atoms with Gasteiger partial charge in [0.2, 0.25) is 11.8 Å². The summed E-state index contributed by atoms with van der Waals surface area (Å²) >= 11 is 3.48. The standard InChI is InChI=1S/C26H32BrNO5/c1-4-5-15(10-16-11-18(27)7-8-21(16)29)6-9-22-23-17(13-32-3)12-19-24(20(23)14-33-22)26(31)28(2)25(19)30/h7-8,10-11,19-20,22,24,29H,4-6,9,12-14H2,1-3H3/b15-10+/t19-,20+,22-,24-/m1/s1. The van der Waals surface area contributed by atoms with Crippen LogP contribution in [0, 0.1) is 17.8 Å². The van der Waals surface area contributed by atoms with Gasteiger partial charge in [0.05, 0.1) is 31.2 Å². The Hall–Kier alpha value is -1.96. The van der Waals surface area contributed by atoms with Crippen LogP contribution in [0.5, 0.6) is 5.75 Å². The summed E-state index contributed by atoms with van der Waals surface area (Å²) in [5.41, 5.74) is 4.35. The highest BCUT2D eigenvalue weighted by molar-refractivity contribution is 9.10. The molecule has 1 aliphatic carbocycles. The Balaban J connectivity index is 1.57. The second kappa shape index (κ2) is 10.1. The predicted octanol–water partition coefficient (Wildman–Crippen LogP) is 4.71. The number of carbonyl (C=O) groups excluding carboxylic acids is 2. The number of methoxy groups -OCH3 is 1. The number of rotatable bonds is 8. The summed E-state index contributed by atoms with van der Waals surface area (Å²) in [6, 6.07) is 5.44. The van der Waals surface area contributed by atoms with Gasteiger partial charge < -0.3 is 14.6 Å². The number of phenols is 1. The van der Waals surface area contributed by atoms with Crippen molar-refractivity contribution in [3.05, 3.63) is 45.0 Å². The summed E-state index contributed by atoms with van der Waals surface area (Å²) in [4.78, 5) is 26.8. The maximum atomic E-state index is 12.8. The number of carbonyl (C=O) groups is 2. The van der Waals surface area contributed by atoms with Gasteiger partial charge >= 0.3 is 0 Å². The monoisotopic (exact) mass is 517 g/mol. The molecule has 0 aromatic heterocycles. The molecule has 2 aliphatic heterocycles. The van der Waals surface area contributed by atoms with E-state index in [1.165, 1.54) is 16.0 Å². The van der Waals surface area contributed by atoms with Crippen molar-refractivity contribution >= 4 is 33.8 Å². The van der Waals surface area contributed by atoms with Gasteiger partial charge in [0.15, 0.2) is 0 Å². The lowest BCUT2D eigenvalue weighted by Gasteiger charge is -2.31. The van der Waals surface area contributed by atoms with Gasteiger partial charge in [-0.2, -0.15) is 0 Å². The molecular weight excluding hydrogens is 486 g/mol. The van der Waals surface area contributed by atoms with E-state index in [1.54, 1.807) is 20.2 Å². The topological polar surface area (TPSA) is 76.1 Å². The summed E-state index contributed by atoms with van der Waals surface area (Å²) in [6.45, 7) is 3.08. The van der Waals surface area contributed by atoms with E-state index in [9.17, 15) is 14.7 Å². The molecule has 0 saturated carbocycles. The summed E-state index contributed by atoms with van der Waals surface area (Å²) in [5, 5.41) is 10.3. The molecule has 2 saturated heterocycles. The van der Waals surface area contributed by atoms with Crippen molar-refractivity contribution in [3.8, 4) is 5.75 Å². The molecule has 0 bridgehead atoms. The Morgan fingerprint density at radius 3 is 2.79 bits per heavy atom. The van der Waals surface area contributed by atoms with Crippen LogP contribution < -0.4 is 0 Å². The highest BCUT2D eigenvalue weighted by Gasteiger charge is 2.55. The van der Waals surface area contributed by atoms with E-state index >= 15 is 0 Å². The second-order valence-electron chi connectivity index (χ2n) is 9.29. The number of amides is 2. The minimum Gasteiger partial charge on any atom is -0.507 e. The van der Waals surface area contributed by atoms with Crippen LogP contribution in [-0.2, 0) is 19.1 Å². The van der Waals surface area contributed by atoms with Gasteiger partial charge in [-0.3, -0.25) is 14.5 Å². The first-order valence-corrected chi connectivity index (χ1v) is 12.5. The lowest BCUT2D eigenvalue weighted by molar-refractivity contribution is -0.138. The number of imide groups is 1. The maximum Gasteiger partial charge on any atom is 0.233 e. The molecule has 1 aromatic rings. The maximum absolute atomic E-state index is 12.8. The molecule has 6 nitrogen and oxygen atoms in total. The minimum atomic E-state index is -0.313. The number of benzene rings is 1. The van der Waals surface area contributed by atoms with Crippen LogP contribution in [0.2, 0.25) is 0 Å². The molecule has 2 fully saturated rings. The quantitative estimate of drug-likeness (QED) is 0.399. The Morgan fingerprint density at radius 2 is 2.06 bits per heavy atom. The zero-order valence-electron chi connectivity index (χ0n) is 19.5. The number of hydrogen-bond donors (Lipinski definition) is 1. The SMILES string of the molecule is CCC/C(=C\c1cc(Br)ccc1O)CC[C@H]1OC[C@H]2C1=C(COC)C[C@H]1C(=O)N(C)C(=O)[C@H]12. The summed E-state index contributed by atoms with van der Waals surface area (Å²) in [7, 11) is 3.25. The summed E-state index contributed by atoms with van der Waals surface area (Å²) in [6.07, 6.45) is 6.16. The van der Waals surface area contributed by atoms with Gasteiger partial charge in [-0.15, -0.1) is 0 Å². The average Bonchev–Trinajstić information content (AvgIpc) is 3.30. The highest BCUT2D eigenvalue weighted by atomic mass is 79.9. The van der Waals surface area contributed by atoms with Gasteiger partial charge in [-0.05, 0) is 55.0 Å². The second-order valence-corrected chi connectivity index (χ2v) is 10.2. The van der Waals surface area contributed by atoms with Crippen molar-refractivity contribution in [2.45, 2.75) is 45.1 Å². The Kier molecular flexibility index (Phi) is 7.41. The molecule has 7 heteroatoms. The zero-order chi connectivity index (χ0) is 23.7. The molecular formula is C26H32BrNO5. The number of allylic oxidation sites excluding steroid dienone is 1. The van der Waals surface area contributed by atoms with Crippen molar-refractivity contribution in [1.82, 2.24) is 4.90 Å². The predicted molar refractivity (Wildman–Crippen MR) is 129 cm³/mol. The van der Waals surface area contributed by atoms with Crippen LogP contribution in [0.1, 0.15) is 44.6 Å². The lowest BCUT2D eigenvalue weighted by atomic mass is 9.69. The van der Waals surface area contributed by atoms with Crippen LogP contribution in [0.4, 0.5) is 0 Å². The number of ether oxygens (including phenoxy) is 2. The number of halogens is 1. The van der Waals surface area contributed by atoms with Crippen molar-refractivity contribution < 1.29 is 24.2 Å². The van der Waals surface area contributed by atoms with Gasteiger partial charge in [0.25, 0.3) is 0 Å². The first kappa shape index (κ1) is 24.2. The normalized spacial score (nSPS) is 27.4. The molecule has 33 heavy (non-hydrogen) atoms. The summed E-state index contributed by atoms with van der Waals surface area (Å²) < 4.78 is 12.6. The lowest BCUT2D eigenvalue weighted by Crippen LogP contribution is -2.34. The molecule has 1 aromatic carbocycles. The molecule has 1 N–H and O–H groups in total. The third-order valence-corrected chi connectivity index (χ3v) is 7.69. The van der Waals surface area contributed by atoms with Crippen molar-refractivity contribution in [2.24, 2.45) is 17.8 Å². The minimum absolute atomic E-state index is 0.0481. The number of likely N-dealkylation sites (tertiary alicyclic amines) is 1. The molecule has 0 spiro atoms. The number of fused-ring (bicyclic) bond motifs is 3. The fourth-order valence-electron chi connectivity index (χ4n) is 5.71. The molecule has 2 heterocycles. The van der Waals surface area contributed by atoms with Crippen LogP contribution >= 0.6 is 15.9 Å². The fraction of sp³-hybridized carbons (Fsp3) is 0.538. The highest BCUT2D eigenvalue weighted by Crippen LogP contribution is 2.49. The van der Waals surface area contributed by atoms with Gasteiger partial charge in [0, 0.05) is 30.1 Å². The van der Waals surface area contributed by atoms with Crippen LogP contribution in [-0.4, -0.2) is 55.3 Å². The molecule has 3 aliphatic rings. The van der Waals surface area contributed by atoms with Crippen molar-refractivity contribution in [1.29, 1.82) is 0 Å². The van der Waals surface area contributed by atoms with Crippen LogP contribution in [0.25, 0.3) is 6.08 Å². The van der Waals surface area contributed by atoms with Crippen LogP contribution in [0.15, 0.2) is 39.4 Å². The zero-order valence-corrected chi connectivity index (χ0v) is 21.1. The van der Waals surface area contributed by atoms with E-state index in [0.29, 0.717) is 19.6 Å². The van der Waals surface area contributed by atoms with Crippen LogP contribution in [0.3, 0.4) is 0 Å². The fourth-order valence-corrected chi connectivity index (χ4v) is 6.08. The molecule has 0 unspecified atom stereocenters. The largest absolute Gasteiger partial charge is 0.507 e. The van der Waals surface area contributed by atoms with Gasteiger partial charge in [-0.1, -0.05) is 40.9 Å². The van der Waals surface area contributed by atoms with Crippen molar-refractivity contribution in [3.63, 3.8) is 0 Å². The van der Waals surface area contributed by atoms with Gasteiger partial charge in [0.1, 0.15) is 5.75 Å². The third-order valence-electron chi connectivity index (χ3n) is 7.19. The number of phenolic OH excluding ortho intramolecular Hbond substituents is 1. The van der Waals surface area contributed by atoms with Gasteiger partial charge in [-0.25, -0.2) is 0 Å². The molecule has 2 amide bonds. The van der Waals surface area contributed by atoms with E-state index in [0.717, 1.165) is 41.3 Å². The van der Waals surface area contributed by atoms with E-state index in [2.05, 4.69) is 28.9 Å². The number of hydrogen-bond acceptors (Lipinski definition) is 5. The Labute approximate surface area is 203 Å². The third kappa shape index (κ3) is 4.68. The van der Waals surface area contributed by atoms with Crippen molar-refractivity contribution in [2.75, 3.05) is 27.4 Å². The molecule has 0 radical (unpaired) electrons. The molecule has 178 valence electrons. The number of nitrogens with zero attached hydrogens (tertiary/aromatic N) is 1. The smallest absolute Gasteiger partial charge is 0.233 e. The first-order valence-electron chi connectivity index (χ1n) is 11.7. The molecule has 4 atom stereocenters. The Bertz CT molecular complexity index is 1000. The summed E-state index contributed by atoms with van der Waals surface area (Å²) in [5.74, 6) is -0.548. The Morgan fingerprint density at radius 1 is 1.27 bits per heavy atom. The van der Waals surface area contributed by atoms with E-state index in [-0.39, 0.29) is 41.4 Å². The number of aromatic hydroxyl groups is 1.